The number of hydrogen-bond acceptors (Lipinski definition) is 3. The maximum atomic E-state index is 13.0. The molecule has 0 unspecified atom stereocenters. The van der Waals surface area contributed by atoms with Gasteiger partial charge in [0, 0.05) is 13.6 Å². The van der Waals surface area contributed by atoms with Crippen LogP contribution in [0.5, 0.6) is 5.75 Å². The standard InChI is InChI=1S/C24H32N2O3/c1-18(23(28)25-5)26(16-15-19-11-7-6-8-12-19)22(27)17-29-21-14-10-9-13-20(21)24(2,3)4/h6-14,18H,15-17H2,1-5H3,(H,25,28)/t18-/m1/s1. The molecule has 0 fully saturated rings. The van der Waals surface area contributed by atoms with Crippen molar-refractivity contribution >= 4 is 11.8 Å². The van der Waals surface area contributed by atoms with Crippen LogP contribution in [0.1, 0.15) is 38.8 Å². The number of amides is 2. The summed E-state index contributed by atoms with van der Waals surface area (Å²) in [6, 6.07) is 17.1. The first-order valence-corrected chi connectivity index (χ1v) is 10.0. The van der Waals surface area contributed by atoms with E-state index in [1.165, 1.54) is 0 Å². The fourth-order valence-electron chi connectivity index (χ4n) is 3.21. The Labute approximate surface area is 174 Å². The largest absolute Gasteiger partial charge is 0.483 e. The van der Waals surface area contributed by atoms with Gasteiger partial charge in [-0.3, -0.25) is 9.59 Å². The molecule has 2 aromatic rings. The van der Waals surface area contributed by atoms with Crippen molar-refractivity contribution in [3.63, 3.8) is 0 Å². The van der Waals surface area contributed by atoms with Crippen LogP contribution < -0.4 is 10.1 Å². The lowest BCUT2D eigenvalue weighted by molar-refractivity contribution is -0.141. The number of carbonyl (C=O) groups excluding carboxylic acids is 2. The third-order valence-electron chi connectivity index (χ3n) is 4.94. The van der Waals surface area contributed by atoms with E-state index in [2.05, 4.69) is 26.1 Å². The zero-order valence-corrected chi connectivity index (χ0v) is 18.1. The summed E-state index contributed by atoms with van der Waals surface area (Å²) in [5.74, 6) is 0.297. The summed E-state index contributed by atoms with van der Waals surface area (Å²) in [7, 11) is 1.58. The predicted octanol–water partition coefficient (Wildman–Crippen LogP) is 3.57. The van der Waals surface area contributed by atoms with E-state index in [1.54, 1.807) is 18.9 Å². The lowest BCUT2D eigenvalue weighted by Crippen LogP contribution is -2.49. The Kier molecular flexibility index (Phi) is 7.82. The molecule has 0 bridgehead atoms. The minimum atomic E-state index is -0.572. The lowest BCUT2D eigenvalue weighted by atomic mass is 9.86. The van der Waals surface area contributed by atoms with Gasteiger partial charge in [-0.05, 0) is 36.0 Å². The van der Waals surface area contributed by atoms with E-state index >= 15 is 0 Å². The average Bonchev–Trinajstić information content (AvgIpc) is 2.71. The first-order chi connectivity index (χ1) is 13.7. The molecule has 0 aliphatic heterocycles. The molecule has 156 valence electrons. The van der Waals surface area contributed by atoms with E-state index < -0.39 is 6.04 Å². The monoisotopic (exact) mass is 396 g/mol. The Bertz CT molecular complexity index is 812. The highest BCUT2D eigenvalue weighted by atomic mass is 16.5. The molecule has 29 heavy (non-hydrogen) atoms. The maximum Gasteiger partial charge on any atom is 0.261 e. The van der Waals surface area contributed by atoms with Crippen LogP contribution in [-0.2, 0) is 21.4 Å². The van der Waals surface area contributed by atoms with E-state index in [0.29, 0.717) is 18.7 Å². The number of ether oxygens (including phenoxy) is 1. The van der Waals surface area contributed by atoms with Crippen molar-refractivity contribution in [1.82, 2.24) is 10.2 Å². The fourth-order valence-corrected chi connectivity index (χ4v) is 3.21. The summed E-state index contributed by atoms with van der Waals surface area (Å²) in [6.07, 6.45) is 0.673. The summed E-state index contributed by atoms with van der Waals surface area (Å²) in [6.45, 7) is 8.40. The van der Waals surface area contributed by atoms with Gasteiger partial charge >= 0.3 is 0 Å². The first kappa shape index (κ1) is 22.5. The number of para-hydroxylation sites is 1. The molecule has 0 heterocycles. The molecule has 0 aliphatic rings. The van der Waals surface area contributed by atoms with Crippen LogP contribution in [0.2, 0.25) is 0 Å². The molecular formula is C24H32N2O3. The number of benzene rings is 2. The number of hydrogen-bond donors (Lipinski definition) is 1. The molecule has 2 rings (SSSR count). The Morgan fingerprint density at radius 3 is 2.28 bits per heavy atom. The second-order valence-corrected chi connectivity index (χ2v) is 8.15. The third-order valence-corrected chi connectivity index (χ3v) is 4.94. The summed E-state index contributed by atoms with van der Waals surface area (Å²) < 4.78 is 5.90. The third kappa shape index (κ3) is 6.34. The van der Waals surface area contributed by atoms with Crippen molar-refractivity contribution in [2.24, 2.45) is 0 Å². The Morgan fingerprint density at radius 1 is 1.03 bits per heavy atom. The highest BCUT2D eigenvalue weighted by Gasteiger charge is 2.26. The van der Waals surface area contributed by atoms with Gasteiger partial charge in [0.2, 0.25) is 5.91 Å². The molecule has 0 radical (unpaired) electrons. The second kappa shape index (κ2) is 10.1. The van der Waals surface area contributed by atoms with Gasteiger partial charge in [0.25, 0.3) is 5.91 Å². The van der Waals surface area contributed by atoms with Gasteiger partial charge in [-0.2, -0.15) is 0 Å². The number of rotatable bonds is 8. The summed E-state index contributed by atoms with van der Waals surface area (Å²) >= 11 is 0. The van der Waals surface area contributed by atoms with Crippen molar-refractivity contribution in [2.45, 2.75) is 45.6 Å². The Balaban J connectivity index is 2.12. The van der Waals surface area contributed by atoms with Crippen LogP contribution in [-0.4, -0.2) is 43.0 Å². The number of carbonyl (C=O) groups is 2. The smallest absolute Gasteiger partial charge is 0.261 e. The van der Waals surface area contributed by atoms with Crippen molar-refractivity contribution in [1.29, 1.82) is 0 Å². The molecule has 0 spiro atoms. The normalized spacial score (nSPS) is 12.2. The molecule has 0 saturated carbocycles. The van der Waals surface area contributed by atoms with E-state index in [0.717, 1.165) is 11.1 Å². The summed E-state index contributed by atoms with van der Waals surface area (Å²) in [4.78, 5) is 26.8. The summed E-state index contributed by atoms with van der Waals surface area (Å²) in [5, 5.41) is 2.63. The molecule has 1 N–H and O–H groups in total. The van der Waals surface area contributed by atoms with Crippen LogP contribution in [0.3, 0.4) is 0 Å². The van der Waals surface area contributed by atoms with Gasteiger partial charge in [0.05, 0.1) is 0 Å². The van der Waals surface area contributed by atoms with E-state index in [-0.39, 0.29) is 23.8 Å². The highest BCUT2D eigenvalue weighted by molar-refractivity contribution is 5.87. The van der Waals surface area contributed by atoms with E-state index in [4.69, 9.17) is 4.74 Å². The molecule has 2 amide bonds. The minimum Gasteiger partial charge on any atom is -0.483 e. The van der Waals surface area contributed by atoms with Crippen molar-refractivity contribution in [3.05, 3.63) is 65.7 Å². The van der Waals surface area contributed by atoms with Gasteiger partial charge in [0.15, 0.2) is 6.61 Å². The van der Waals surface area contributed by atoms with Gasteiger partial charge in [-0.15, -0.1) is 0 Å². The van der Waals surface area contributed by atoms with Crippen LogP contribution in [0.25, 0.3) is 0 Å². The molecule has 0 aliphatic carbocycles. The molecule has 0 aromatic heterocycles. The average molecular weight is 397 g/mol. The van der Waals surface area contributed by atoms with Crippen LogP contribution in [0, 0.1) is 0 Å². The summed E-state index contributed by atoms with van der Waals surface area (Å²) in [5.41, 5.74) is 2.07. The minimum absolute atomic E-state index is 0.0952. The predicted molar refractivity (Wildman–Crippen MR) is 116 cm³/mol. The van der Waals surface area contributed by atoms with Gasteiger partial charge in [0.1, 0.15) is 11.8 Å². The van der Waals surface area contributed by atoms with Gasteiger partial charge in [-0.25, -0.2) is 0 Å². The van der Waals surface area contributed by atoms with Gasteiger partial charge in [-0.1, -0.05) is 69.3 Å². The van der Waals surface area contributed by atoms with E-state index in [1.807, 2.05) is 54.6 Å². The molecule has 5 nitrogen and oxygen atoms in total. The second-order valence-electron chi connectivity index (χ2n) is 8.15. The quantitative estimate of drug-likeness (QED) is 0.742. The Hall–Kier alpha value is -2.82. The maximum absolute atomic E-state index is 13.0. The van der Waals surface area contributed by atoms with Crippen LogP contribution in [0.15, 0.2) is 54.6 Å². The Morgan fingerprint density at radius 2 is 1.66 bits per heavy atom. The van der Waals surface area contributed by atoms with E-state index in [9.17, 15) is 9.59 Å². The topological polar surface area (TPSA) is 58.6 Å². The van der Waals surface area contributed by atoms with Crippen LogP contribution in [0.4, 0.5) is 0 Å². The number of nitrogens with zero attached hydrogens (tertiary/aromatic N) is 1. The molecule has 5 heteroatoms. The number of nitrogens with one attached hydrogen (secondary N) is 1. The van der Waals surface area contributed by atoms with Crippen molar-refractivity contribution < 1.29 is 14.3 Å². The fraction of sp³-hybridized carbons (Fsp3) is 0.417. The zero-order chi connectivity index (χ0) is 21.4. The SMILES string of the molecule is CNC(=O)[C@@H](C)N(CCc1ccccc1)C(=O)COc1ccccc1C(C)(C)C. The molecule has 1 atom stereocenters. The molecule has 2 aromatic carbocycles. The molecular weight excluding hydrogens is 364 g/mol. The zero-order valence-electron chi connectivity index (χ0n) is 18.1. The van der Waals surface area contributed by atoms with Crippen LogP contribution >= 0.6 is 0 Å². The lowest BCUT2D eigenvalue weighted by Gasteiger charge is -2.29. The first-order valence-electron chi connectivity index (χ1n) is 10.0. The van der Waals surface area contributed by atoms with Crippen molar-refractivity contribution in [2.75, 3.05) is 20.2 Å². The van der Waals surface area contributed by atoms with Gasteiger partial charge < -0.3 is 15.0 Å². The highest BCUT2D eigenvalue weighted by Crippen LogP contribution is 2.30. The molecule has 0 saturated heterocycles. The number of likely N-dealkylation sites (N-methyl/N-ethyl adjacent to an activating group) is 1. The van der Waals surface area contributed by atoms with Crippen molar-refractivity contribution in [3.8, 4) is 5.75 Å².